The molecular formula is C20H33NO3. The van der Waals surface area contributed by atoms with Crippen LogP contribution in [0.1, 0.15) is 59.1 Å². The van der Waals surface area contributed by atoms with Crippen molar-refractivity contribution in [3.05, 3.63) is 23.3 Å². The molecule has 1 aromatic rings. The predicted molar refractivity (Wildman–Crippen MR) is 99.8 cm³/mol. The highest BCUT2D eigenvalue weighted by atomic mass is 16.5. The zero-order chi connectivity index (χ0) is 18.5. The number of nitrogens with one attached hydrogen (secondary N) is 1. The molecule has 4 heteroatoms. The van der Waals surface area contributed by atoms with E-state index < -0.39 is 5.60 Å². The number of amides is 1. The Labute approximate surface area is 146 Å². The molecular weight excluding hydrogens is 302 g/mol. The molecule has 1 aromatic carbocycles. The summed E-state index contributed by atoms with van der Waals surface area (Å²) in [5, 5.41) is 3.02. The minimum absolute atomic E-state index is 0.102. The summed E-state index contributed by atoms with van der Waals surface area (Å²) in [6.07, 6.45) is 0.800. The number of aryl methyl sites for hydroxylation is 2. The van der Waals surface area contributed by atoms with Crippen LogP contribution in [0.4, 0.5) is 5.69 Å². The molecule has 0 saturated heterocycles. The highest BCUT2D eigenvalue weighted by Crippen LogP contribution is 2.29. The van der Waals surface area contributed by atoms with E-state index in [1.807, 2.05) is 53.7 Å². The zero-order valence-corrected chi connectivity index (χ0v) is 16.4. The molecule has 24 heavy (non-hydrogen) atoms. The van der Waals surface area contributed by atoms with E-state index in [1.54, 1.807) is 0 Å². The second kappa shape index (κ2) is 8.52. The molecule has 0 bridgehead atoms. The van der Waals surface area contributed by atoms with E-state index in [9.17, 15) is 4.79 Å². The first-order valence-corrected chi connectivity index (χ1v) is 8.82. The van der Waals surface area contributed by atoms with Gasteiger partial charge in [0.1, 0.15) is 11.4 Å². The van der Waals surface area contributed by atoms with E-state index in [0.29, 0.717) is 18.9 Å². The molecule has 0 spiro atoms. The van der Waals surface area contributed by atoms with Gasteiger partial charge in [0.05, 0.1) is 6.10 Å². The van der Waals surface area contributed by atoms with Crippen LogP contribution in [0, 0.1) is 19.8 Å². The van der Waals surface area contributed by atoms with Crippen LogP contribution in [-0.4, -0.2) is 24.2 Å². The Morgan fingerprint density at radius 3 is 2.12 bits per heavy atom. The zero-order valence-electron chi connectivity index (χ0n) is 16.4. The lowest BCUT2D eigenvalue weighted by Gasteiger charge is -2.30. The molecule has 0 unspecified atom stereocenters. The number of anilines is 1. The summed E-state index contributed by atoms with van der Waals surface area (Å²) in [6, 6.07) is 3.90. The van der Waals surface area contributed by atoms with Crippen molar-refractivity contribution in [1.29, 1.82) is 0 Å². The van der Waals surface area contributed by atoms with Gasteiger partial charge in [-0.2, -0.15) is 0 Å². The van der Waals surface area contributed by atoms with Gasteiger partial charge in [0.2, 0.25) is 0 Å². The first kappa shape index (κ1) is 20.5. The van der Waals surface area contributed by atoms with Crippen LogP contribution < -0.4 is 10.1 Å². The Bertz CT molecular complexity index is 543. The smallest absolute Gasteiger partial charge is 0.256 e. The fourth-order valence-corrected chi connectivity index (χ4v) is 3.02. The van der Waals surface area contributed by atoms with Crippen molar-refractivity contribution in [2.75, 3.05) is 11.9 Å². The van der Waals surface area contributed by atoms with Crippen molar-refractivity contribution in [2.24, 2.45) is 5.92 Å². The summed E-state index contributed by atoms with van der Waals surface area (Å²) in [4.78, 5) is 12.8. The van der Waals surface area contributed by atoms with Crippen LogP contribution in [-0.2, 0) is 9.53 Å². The van der Waals surface area contributed by atoms with Crippen LogP contribution in [0.5, 0.6) is 5.75 Å². The second-order valence-corrected chi connectivity index (χ2v) is 7.32. The quantitative estimate of drug-likeness (QED) is 0.737. The molecule has 1 atom stereocenters. The Morgan fingerprint density at radius 1 is 1.17 bits per heavy atom. The van der Waals surface area contributed by atoms with Gasteiger partial charge in [0.25, 0.3) is 5.91 Å². The van der Waals surface area contributed by atoms with Crippen molar-refractivity contribution in [1.82, 2.24) is 0 Å². The van der Waals surface area contributed by atoms with Crippen molar-refractivity contribution >= 4 is 11.6 Å². The van der Waals surface area contributed by atoms with Crippen LogP contribution in [0.2, 0.25) is 0 Å². The van der Waals surface area contributed by atoms with Gasteiger partial charge < -0.3 is 14.8 Å². The molecule has 0 aliphatic carbocycles. The lowest BCUT2D eigenvalue weighted by Crippen LogP contribution is -2.44. The van der Waals surface area contributed by atoms with Gasteiger partial charge in [-0.3, -0.25) is 4.79 Å². The van der Waals surface area contributed by atoms with Gasteiger partial charge in [-0.15, -0.1) is 0 Å². The molecule has 1 N–H and O–H groups in total. The third-order valence-corrected chi connectivity index (χ3v) is 3.81. The summed E-state index contributed by atoms with van der Waals surface area (Å²) in [7, 11) is 0. The lowest BCUT2D eigenvalue weighted by atomic mass is 9.93. The van der Waals surface area contributed by atoms with Gasteiger partial charge in [-0.25, -0.2) is 0 Å². The molecule has 1 rings (SSSR count). The van der Waals surface area contributed by atoms with Crippen molar-refractivity contribution in [2.45, 2.75) is 73.5 Å². The molecule has 136 valence electrons. The lowest BCUT2D eigenvalue weighted by molar-refractivity contribution is -0.140. The fourth-order valence-electron chi connectivity index (χ4n) is 3.02. The number of carbonyl (C=O) groups is 1. The van der Waals surface area contributed by atoms with Crippen LogP contribution in [0.25, 0.3) is 0 Å². The summed E-state index contributed by atoms with van der Waals surface area (Å²) in [5.74, 6) is 1.16. The average molecular weight is 335 g/mol. The molecule has 0 aromatic heterocycles. The van der Waals surface area contributed by atoms with Gasteiger partial charge in [-0.1, -0.05) is 13.8 Å². The Hall–Kier alpha value is -1.55. The number of rotatable bonds is 8. The molecule has 0 saturated carbocycles. The third kappa shape index (κ3) is 5.52. The van der Waals surface area contributed by atoms with E-state index in [1.165, 1.54) is 0 Å². The van der Waals surface area contributed by atoms with E-state index in [0.717, 1.165) is 22.6 Å². The number of ether oxygens (including phenoxy) is 2. The molecule has 0 fully saturated rings. The van der Waals surface area contributed by atoms with Crippen molar-refractivity contribution in [3.63, 3.8) is 0 Å². The topological polar surface area (TPSA) is 47.6 Å². The first-order valence-electron chi connectivity index (χ1n) is 8.82. The second-order valence-electron chi connectivity index (χ2n) is 7.32. The minimum atomic E-state index is -0.822. The van der Waals surface area contributed by atoms with E-state index >= 15 is 0 Å². The maximum Gasteiger partial charge on any atom is 0.256 e. The summed E-state index contributed by atoms with van der Waals surface area (Å²) < 4.78 is 11.6. The maximum atomic E-state index is 12.8. The molecule has 4 nitrogen and oxygen atoms in total. The fraction of sp³-hybridized carbons (Fsp3) is 0.650. The molecule has 0 heterocycles. The SMILES string of the molecule is CCO[C@@](C)(CC(C)C)C(=O)Nc1cc(C)c(OC(C)C)c(C)c1. The highest BCUT2D eigenvalue weighted by molar-refractivity contribution is 5.97. The van der Waals surface area contributed by atoms with E-state index in [4.69, 9.17) is 9.47 Å². The molecule has 0 aliphatic rings. The number of hydrogen-bond acceptors (Lipinski definition) is 3. The largest absolute Gasteiger partial charge is 0.490 e. The summed E-state index contributed by atoms with van der Waals surface area (Å²) >= 11 is 0. The molecule has 0 radical (unpaired) electrons. The number of carbonyl (C=O) groups excluding carboxylic acids is 1. The van der Waals surface area contributed by atoms with E-state index in [-0.39, 0.29) is 12.0 Å². The van der Waals surface area contributed by atoms with Crippen molar-refractivity contribution < 1.29 is 14.3 Å². The molecule has 0 aliphatic heterocycles. The number of hydrogen-bond donors (Lipinski definition) is 1. The predicted octanol–water partition coefficient (Wildman–Crippen LogP) is 4.87. The van der Waals surface area contributed by atoms with Crippen LogP contribution in [0.15, 0.2) is 12.1 Å². The van der Waals surface area contributed by atoms with Crippen LogP contribution in [0.3, 0.4) is 0 Å². The van der Waals surface area contributed by atoms with Gasteiger partial charge in [0, 0.05) is 12.3 Å². The van der Waals surface area contributed by atoms with Gasteiger partial charge in [-0.05, 0) is 77.1 Å². The Kier molecular flexibility index (Phi) is 7.27. The van der Waals surface area contributed by atoms with Gasteiger partial charge >= 0.3 is 0 Å². The highest BCUT2D eigenvalue weighted by Gasteiger charge is 2.34. The van der Waals surface area contributed by atoms with E-state index in [2.05, 4.69) is 19.2 Å². The monoisotopic (exact) mass is 335 g/mol. The standard InChI is InChI=1S/C20H33NO3/c1-9-23-20(8,12-13(2)3)19(22)21-17-10-15(6)18(16(7)11-17)24-14(4)5/h10-11,13-14H,9,12H2,1-8H3,(H,21,22)/t20-/m0/s1. The number of benzene rings is 1. The van der Waals surface area contributed by atoms with Gasteiger partial charge in [0.15, 0.2) is 0 Å². The van der Waals surface area contributed by atoms with Crippen molar-refractivity contribution in [3.8, 4) is 5.75 Å². The minimum Gasteiger partial charge on any atom is -0.490 e. The van der Waals surface area contributed by atoms with Crippen LogP contribution >= 0.6 is 0 Å². The molecule has 1 amide bonds. The summed E-state index contributed by atoms with van der Waals surface area (Å²) in [5.41, 5.74) is 1.99. The first-order chi connectivity index (χ1) is 11.1. The third-order valence-electron chi connectivity index (χ3n) is 3.81. The Balaban J connectivity index is 3.00. The normalized spacial score (nSPS) is 13.9. The maximum absolute atomic E-state index is 12.8. The summed E-state index contributed by atoms with van der Waals surface area (Å²) in [6.45, 7) is 16.5. The Morgan fingerprint density at radius 2 is 1.71 bits per heavy atom. The average Bonchev–Trinajstić information content (AvgIpc) is 2.42.